The average Bonchev–Trinajstić information content (AvgIpc) is 2.73. The molecule has 0 atom stereocenters. The summed E-state index contributed by atoms with van der Waals surface area (Å²) in [4.78, 5) is 46.1. The van der Waals surface area contributed by atoms with Crippen LogP contribution in [0.15, 0.2) is 48.6 Å². The average molecular weight is 444 g/mol. The van der Waals surface area contributed by atoms with Gasteiger partial charge in [0.15, 0.2) is 27.2 Å². The molecule has 0 saturated heterocycles. The summed E-state index contributed by atoms with van der Waals surface area (Å²) < 4.78 is 17.5. The minimum absolute atomic E-state index is 0.0740. The summed E-state index contributed by atoms with van der Waals surface area (Å²) >= 11 is 0. The molecule has 0 heterocycles. The number of allylic oxidation sites excluding steroid dienone is 4. The number of hydrogen-bond donors (Lipinski definition) is 4. The Labute approximate surface area is 177 Å². The maximum absolute atomic E-state index is 11.6. The number of carbonyl (C=O) groups excluding carboxylic acids is 4. The zero-order valence-electron chi connectivity index (χ0n) is 16.4. The van der Waals surface area contributed by atoms with Crippen LogP contribution in [0.25, 0.3) is 0 Å². The molecule has 0 amide bonds. The van der Waals surface area contributed by atoms with Crippen LogP contribution < -0.4 is 0 Å². The van der Waals surface area contributed by atoms with E-state index in [1.807, 2.05) is 0 Å². The van der Waals surface area contributed by atoms with Crippen molar-refractivity contribution in [1.29, 1.82) is 0 Å². The normalized spacial score (nSPS) is 13.5. The number of rotatable bonds is 14. The Morgan fingerprint density at radius 1 is 0.581 bits per heavy atom. The number of carbonyl (C=O) groups is 4. The van der Waals surface area contributed by atoms with Gasteiger partial charge in [0.25, 0.3) is 0 Å². The molecule has 172 valence electrons. The number of esters is 4. The molecule has 0 aliphatic rings. The van der Waals surface area contributed by atoms with Crippen LogP contribution >= 0.6 is 0 Å². The van der Waals surface area contributed by atoms with Crippen molar-refractivity contribution < 1.29 is 58.6 Å². The van der Waals surface area contributed by atoms with Gasteiger partial charge in [-0.05, 0) is 12.8 Å². The zero-order chi connectivity index (χ0) is 23.5. The van der Waals surface area contributed by atoms with Gasteiger partial charge in [-0.3, -0.25) is 0 Å². The maximum atomic E-state index is 11.6. The second-order valence-electron chi connectivity index (χ2n) is 5.42. The van der Waals surface area contributed by atoms with Crippen LogP contribution in [0.2, 0.25) is 0 Å². The summed E-state index contributed by atoms with van der Waals surface area (Å²) in [7, 11) is 0. The molecular formula is C19H24O12. The fourth-order valence-electron chi connectivity index (χ4n) is 2.05. The minimum Gasteiger partial charge on any atom is -0.436 e. The summed E-state index contributed by atoms with van der Waals surface area (Å²) in [5, 5.41) is 34.5. The Morgan fingerprint density at radius 3 is 1.23 bits per heavy atom. The highest BCUT2D eigenvalue weighted by Gasteiger charge is 2.22. The summed E-state index contributed by atoms with van der Waals surface area (Å²) in [6.07, 6.45) is 9.19. The Morgan fingerprint density at radius 2 is 0.903 bits per heavy atom. The molecule has 31 heavy (non-hydrogen) atoms. The van der Waals surface area contributed by atoms with Gasteiger partial charge in [0, 0.05) is 29.7 Å². The van der Waals surface area contributed by atoms with E-state index in [1.165, 1.54) is 24.3 Å². The van der Waals surface area contributed by atoms with Crippen LogP contribution in [0, 0.1) is 5.41 Å². The molecule has 12 nitrogen and oxygen atoms in total. The molecule has 0 aliphatic carbocycles. The molecule has 0 aromatic heterocycles. The van der Waals surface area contributed by atoms with Crippen LogP contribution in [0.5, 0.6) is 0 Å². The predicted molar refractivity (Wildman–Crippen MR) is 101 cm³/mol. The molecule has 4 N–H and O–H groups in total. The van der Waals surface area contributed by atoms with Crippen molar-refractivity contribution in [2.75, 3.05) is 27.2 Å². The van der Waals surface area contributed by atoms with Gasteiger partial charge in [-0.1, -0.05) is 24.3 Å². The summed E-state index contributed by atoms with van der Waals surface area (Å²) in [6.45, 7) is -3.41. The van der Waals surface area contributed by atoms with Gasteiger partial charge in [0.2, 0.25) is 0 Å². The van der Waals surface area contributed by atoms with Gasteiger partial charge < -0.3 is 39.4 Å². The molecule has 0 aliphatic heterocycles. The van der Waals surface area contributed by atoms with Crippen molar-refractivity contribution >= 4 is 23.9 Å². The Balaban J connectivity index is 5.88. The van der Waals surface area contributed by atoms with Gasteiger partial charge in [-0.2, -0.15) is 0 Å². The monoisotopic (exact) mass is 444 g/mol. The molecule has 0 rings (SSSR count). The molecule has 0 spiro atoms. The molecular weight excluding hydrogens is 420 g/mol. The first-order chi connectivity index (χ1) is 14.8. The summed E-state index contributed by atoms with van der Waals surface area (Å²) in [5.74, 6) is -3.58. The quantitative estimate of drug-likeness (QED) is 0.110. The van der Waals surface area contributed by atoms with Crippen LogP contribution in [0.3, 0.4) is 0 Å². The second kappa shape index (κ2) is 16.5. The number of hydrogen-bond acceptors (Lipinski definition) is 12. The van der Waals surface area contributed by atoms with Crippen molar-refractivity contribution in [2.45, 2.75) is 12.8 Å². The number of ether oxygens (including phenoxy) is 4. The molecule has 12 heteroatoms. The van der Waals surface area contributed by atoms with Crippen molar-refractivity contribution in [3.63, 3.8) is 0 Å². The van der Waals surface area contributed by atoms with Gasteiger partial charge in [-0.25, -0.2) is 19.2 Å². The number of aliphatic hydroxyl groups excluding tert-OH is 4. The van der Waals surface area contributed by atoms with E-state index in [1.54, 1.807) is 0 Å². The molecule has 0 aromatic rings. The Bertz CT molecular complexity index is 635. The molecule has 0 unspecified atom stereocenters. The van der Waals surface area contributed by atoms with Gasteiger partial charge >= 0.3 is 23.9 Å². The minimum atomic E-state index is -1.32. The van der Waals surface area contributed by atoms with Crippen molar-refractivity contribution in [3.05, 3.63) is 48.6 Å². The van der Waals surface area contributed by atoms with Crippen LogP contribution in [-0.2, 0) is 38.1 Å². The predicted octanol–water partition coefficient (Wildman–Crippen LogP) is -1.05. The zero-order valence-corrected chi connectivity index (χ0v) is 16.4. The van der Waals surface area contributed by atoms with E-state index >= 15 is 0 Å². The van der Waals surface area contributed by atoms with Crippen LogP contribution in [-0.4, -0.2) is 71.5 Å². The fourth-order valence-corrected chi connectivity index (χ4v) is 2.05. The lowest BCUT2D eigenvalue weighted by Gasteiger charge is -2.23. The second-order valence-corrected chi connectivity index (χ2v) is 5.42. The van der Waals surface area contributed by atoms with E-state index < -0.39 is 56.5 Å². The third-order valence-corrected chi connectivity index (χ3v) is 3.41. The largest absolute Gasteiger partial charge is 0.436 e. The third-order valence-electron chi connectivity index (χ3n) is 3.41. The molecule has 0 radical (unpaired) electrons. The highest BCUT2D eigenvalue weighted by Crippen LogP contribution is 2.30. The van der Waals surface area contributed by atoms with Crippen LogP contribution in [0.1, 0.15) is 12.8 Å². The first-order valence-corrected chi connectivity index (χ1v) is 8.67. The third kappa shape index (κ3) is 13.5. The molecule has 0 aromatic carbocycles. The van der Waals surface area contributed by atoms with Crippen molar-refractivity contribution in [1.82, 2.24) is 0 Å². The first kappa shape index (κ1) is 27.7. The van der Waals surface area contributed by atoms with Crippen molar-refractivity contribution in [3.8, 4) is 0 Å². The van der Waals surface area contributed by atoms with Gasteiger partial charge in [0.05, 0.1) is 0 Å². The van der Waals surface area contributed by atoms with Crippen LogP contribution in [0.4, 0.5) is 0 Å². The topological polar surface area (TPSA) is 186 Å². The van der Waals surface area contributed by atoms with Gasteiger partial charge in [0.1, 0.15) is 0 Å². The van der Waals surface area contributed by atoms with E-state index in [-0.39, 0.29) is 12.8 Å². The lowest BCUT2D eigenvalue weighted by molar-refractivity contribution is -0.146. The van der Waals surface area contributed by atoms with E-state index in [0.29, 0.717) is 0 Å². The lowest BCUT2D eigenvalue weighted by atomic mass is 9.81. The highest BCUT2D eigenvalue weighted by atomic mass is 16.6. The van der Waals surface area contributed by atoms with Gasteiger partial charge in [-0.15, -0.1) is 0 Å². The van der Waals surface area contributed by atoms with Crippen molar-refractivity contribution in [2.24, 2.45) is 5.41 Å². The maximum Gasteiger partial charge on any atom is 0.332 e. The van der Waals surface area contributed by atoms with E-state index in [2.05, 4.69) is 18.9 Å². The van der Waals surface area contributed by atoms with E-state index in [0.717, 1.165) is 24.3 Å². The van der Waals surface area contributed by atoms with E-state index in [9.17, 15) is 19.2 Å². The summed E-state index contributed by atoms with van der Waals surface area (Å²) in [6, 6.07) is 0. The highest BCUT2D eigenvalue weighted by molar-refractivity contribution is 5.84. The Hall–Kier alpha value is -3.32. The smallest absolute Gasteiger partial charge is 0.332 e. The lowest BCUT2D eigenvalue weighted by Crippen LogP contribution is -2.16. The fraction of sp³-hybridized carbons (Fsp3) is 0.368. The summed E-state index contributed by atoms with van der Waals surface area (Å²) in [5.41, 5.74) is -1.32. The molecule has 0 saturated carbocycles. The Kier molecular flexibility index (Phi) is 14.7. The first-order valence-electron chi connectivity index (χ1n) is 8.67. The molecule has 0 bridgehead atoms. The van der Waals surface area contributed by atoms with E-state index in [4.69, 9.17) is 20.4 Å². The number of aliphatic hydroxyl groups is 4. The molecule has 0 fully saturated rings. The SMILES string of the molecule is O=C(C=CCCC(C=CC(=O)OCO)(C=CC(=O)OCO)C=CC(=O)OCO)OCO. The standard InChI is InChI=1S/C19H24O12/c20-11-28-15(24)3-1-2-7-19(8-4-16(25)29-12-21,9-5-17(26)30-13-22)10-6-18(27)31-14-23/h1,3-6,8-10,20-23H,2,7,11-14H2.